The van der Waals surface area contributed by atoms with Gasteiger partial charge in [-0.2, -0.15) is 4.31 Å². The molecule has 0 aliphatic heterocycles. The summed E-state index contributed by atoms with van der Waals surface area (Å²) in [6.07, 6.45) is 6.08. The molecule has 2 fully saturated rings. The number of hydrogen-bond acceptors (Lipinski definition) is 3. The van der Waals surface area contributed by atoms with Gasteiger partial charge in [-0.05, 0) is 49.9 Å². The van der Waals surface area contributed by atoms with Gasteiger partial charge in [0.15, 0.2) is 0 Å². The predicted molar refractivity (Wildman–Crippen MR) is 84.1 cm³/mol. The van der Waals surface area contributed by atoms with Crippen molar-refractivity contribution in [3.8, 4) is 0 Å². The molecule has 120 valence electrons. The van der Waals surface area contributed by atoms with E-state index in [2.05, 4.69) is 5.32 Å². The lowest BCUT2D eigenvalue weighted by Gasteiger charge is -2.28. The van der Waals surface area contributed by atoms with Gasteiger partial charge in [0.1, 0.15) is 0 Å². The van der Waals surface area contributed by atoms with Crippen LogP contribution >= 0.6 is 0 Å². The fourth-order valence-corrected chi connectivity index (χ4v) is 5.15. The summed E-state index contributed by atoms with van der Waals surface area (Å²) in [4.78, 5) is 11.9. The summed E-state index contributed by atoms with van der Waals surface area (Å²) in [7, 11) is -1.91. The van der Waals surface area contributed by atoms with E-state index >= 15 is 0 Å². The molecule has 1 amide bonds. The minimum Gasteiger partial charge on any atom is -0.355 e. The summed E-state index contributed by atoms with van der Waals surface area (Å²) in [6, 6.07) is 6.56. The minimum atomic E-state index is -3.47. The lowest BCUT2D eigenvalue weighted by atomic mass is 10.2. The van der Waals surface area contributed by atoms with Crippen molar-refractivity contribution in [2.75, 3.05) is 7.05 Å². The highest BCUT2D eigenvalue weighted by Crippen LogP contribution is 2.38. The zero-order valence-electron chi connectivity index (χ0n) is 12.8. The number of nitrogens with one attached hydrogen (secondary N) is 1. The molecule has 22 heavy (non-hydrogen) atoms. The van der Waals surface area contributed by atoms with Gasteiger partial charge in [0.05, 0.1) is 4.90 Å². The third kappa shape index (κ3) is 2.90. The number of benzene rings is 1. The van der Waals surface area contributed by atoms with E-state index in [1.165, 1.54) is 0 Å². The molecule has 2 saturated carbocycles. The Morgan fingerprint density at radius 2 is 1.59 bits per heavy atom. The summed E-state index contributed by atoms with van der Waals surface area (Å²) < 4.78 is 27.7. The molecule has 2 aliphatic rings. The van der Waals surface area contributed by atoms with Gasteiger partial charge >= 0.3 is 0 Å². The van der Waals surface area contributed by atoms with Crippen molar-refractivity contribution in [1.29, 1.82) is 0 Å². The number of rotatable bonds is 5. The first-order valence-corrected chi connectivity index (χ1v) is 9.33. The molecule has 1 aromatic rings. The average molecular weight is 322 g/mol. The van der Waals surface area contributed by atoms with Crippen LogP contribution in [0.3, 0.4) is 0 Å². The van der Waals surface area contributed by atoms with Crippen LogP contribution in [0.2, 0.25) is 0 Å². The lowest BCUT2D eigenvalue weighted by Crippen LogP contribution is -2.40. The van der Waals surface area contributed by atoms with Crippen LogP contribution in [0.15, 0.2) is 29.2 Å². The largest absolute Gasteiger partial charge is 0.355 e. The van der Waals surface area contributed by atoms with Crippen molar-refractivity contribution in [3.63, 3.8) is 0 Å². The van der Waals surface area contributed by atoms with Crippen LogP contribution in [0.1, 0.15) is 48.9 Å². The van der Waals surface area contributed by atoms with E-state index in [1.54, 1.807) is 35.6 Å². The molecule has 0 atom stereocenters. The Balaban J connectivity index is 1.88. The number of amides is 1. The summed E-state index contributed by atoms with van der Waals surface area (Å²) in [5.74, 6) is -0.209. The molecule has 0 radical (unpaired) electrons. The Bertz CT molecular complexity index is 644. The SMILES string of the molecule is CNC(=O)c1ccc(S(=O)(=O)N(C2CCCC2)C2CC2)cc1. The van der Waals surface area contributed by atoms with Crippen LogP contribution < -0.4 is 5.32 Å². The Hall–Kier alpha value is -1.40. The fourth-order valence-electron chi connectivity index (χ4n) is 3.22. The third-order valence-corrected chi connectivity index (χ3v) is 6.53. The highest BCUT2D eigenvalue weighted by molar-refractivity contribution is 7.89. The van der Waals surface area contributed by atoms with E-state index in [1.807, 2.05) is 0 Å². The molecule has 2 aliphatic carbocycles. The van der Waals surface area contributed by atoms with Crippen molar-refractivity contribution in [1.82, 2.24) is 9.62 Å². The topological polar surface area (TPSA) is 66.5 Å². The first-order valence-electron chi connectivity index (χ1n) is 7.89. The number of sulfonamides is 1. The first kappa shape index (κ1) is 15.5. The maximum Gasteiger partial charge on any atom is 0.251 e. The summed E-state index contributed by atoms with van der Waals surface area (Å²) in [5.41, 5.74) is 0.472. The van der Waals surface area contributed by atoms with E-state index in [-0.39, 0.29) is 18.0 Å². The zero-order valence-corrected chi connectivity index (χ0v) is 13.6. The van der Waals surface area contributed by atoms with Gasteiger partial charge < -0.3 is 5.32 Å². The molecule has 6 heteroatoms. The lowest BCUT2D eigenvalue weighted by molar-refractivity contribution is 0.0963. The summed E-state index contributed by atoms with van der Waals surface area (Å²) in [5, 5.41) is 2.54. The second-order valence-corrected chi connectivity index (χ2v) is 7.95. The molecule has 0 saturated heterocycles. The standard InChI is InChI=1S/C16H22N2O3S/c1-17-16(19)12-6-10-15(11-7-12)22(20,21)18(14-8-9-14)13-4-2-3-5-13/h6-7,10-11,13-14H,2-5,8-9H2,1H3,(H,17,19). The second kappa shape index (κ2) is 6.01. The number of hydrogen-bond donors (Lipinski definition) is 1. The average Bonchev–Trinajstić information content (AvgIpc) is 3.20. The molecule has 1 N–H and O–H groups in total. The van der Waals surface area contributed by atoms with Crippen LogP contribution in [0.25, 0.3) is 0 Å². The molecular formula is C16H22N2O3S. The minimum absolute atomic E-state index is 0.149. The number of nitrogens with zero attached hydrogens (tertiary/aromatic N) is 1. The Kier molecular flexibility index (Phi) is 4.23. The van der Waals surface area contributed by atoms with Gasteiger partial charge in [-0.3, -0.25) is 4.79 Å². The molecule has 0 bridgehead atoms. The van der Waals surface area contributed by atoms with E-state index in [9.17, 15) is 13.2 Å². The van der Waals surface area contributed by atoms with Crippen LogP contribution in [-0.2, 0) is 10.0 Å². The van der Waals surface area contributed by atoms with Crippen molar-refractivity contribution < 1.29 is 13.2 Å². The van der Waals surface area contributed by atoms with E-state index in [0.29, 0.717) is 10.5 Å². The van der Waals surface area contributed by atoms with Crippen molar-refractivity contribution in [3.05, 3.63) is 29.8 Å². The van der Waals surface area contributed by atoms with Crippen molar-refractivity contribution in [2.24, 2.45) is 0 Å². The second-order valence-electron chi connectivity index (χ2n) is 6.11. The molecule has 0 spiro atoms. The summed E-state index contributed by atoms with van der Waals surface area (Å²) in [6.45, 7) is 0. The van der Waals surface area contributed by atoms with Gasteiger partial charge in [-0.1, -0.05) is 12.8 Å². The van der Waals surface area contributed by atoms with Crippen LogP contribution in [-0.4, -0.2) is 37.8 Å². The normalized spacial score (nSPS) is 19.5. The van der Waals surface area contributed by atoms with Crippen LogP contribution in [0.5, 0.6) is 0 Å². The van der Waals surface area contributed by atoms with E-state index in [0.717, 1.165) is 38.5 Å². The maximum atomic E-state index is 13.0. The first-order chi connectivity index (χ1) is 10.5. The summed E-state index contributed by atoms with van der Waals surface area (Å²) >= 11 is 0. The quantitative estimate of drug-likeness (QED) is 0.903. The Morgan fingerprint density at radius 1 is 1.05 bits per heavy atom. The van der Waals surface area contributed by atoms with Gasteiger partial charge in [-0.15, -0.1) is 0 Å². The van der Waals surface area contributed by atoms with E-state index in [4.69, 9.17) is 0 Å². The monoisotopic (exact) mass is 322 g/mol. The van der Waals surface area contributed by atoms with Crippen LogP contribution in [0.4, 0.5) is 0 Å². The van der Waals surface area contributed by atoms with Crippen LogP contribution in [0, 0.1) is 0 Å². The Morgan fingerprint density at radius 3 is 2.09 bits per heavy atom. The smallest absolute Gasteiger partial charge is 0.251 e. The highest BCUT2D eigenvalue weighted by Gasteiger charge is 2.43. The number of carbonyl (C=O) groups is 1. The van der Waals surface area contributed by atoms with Gasteiger partial charge in [0.25, 0.3) is 5.91 Å². The predicted octanol–water partition coefficient (Wildman–Crippen LogP) is 2.14. The van der Waals surface area contributed by atoms with Gasteiger partial charge in [0.2, 0.25) is 10.0 Å². The highest BCUT2D eigenvalue weighted by atomic mass is 32.2. The molecular weight excluding hydrogens is 300 g/mol. The number of carbonyl (C=O) groups excluding carboxylic acids is 1. The Labute approximate surface area is 131 Å². The maximum absolute atomic E-state index is 13.0. The van der Waals surface area contributed by atoms with Gasteiger partial charge in [0, 0.05) is 24.7 Å². The van der Waals surface area contributed by atoms with E-state index < -0.39 is 10.0 Å². The fraction of sp³-hybridized carbons (Fsp3) is 0.562. The molecule has 3 rings (SSSR count). The molecule has 1 aromatic carbocycles. The molecule has 5 nitrogen and oxygen atoms in total. The third-order valence-electron chi connectivity index (χ3n) is 4.51. The zero-order chi connectivity index (χ0) is 15.7. The molecule has 0 unspecified atom stereocenters. The molecule has 0 heterocycles. The molecule has 0 aromatic heterocycles. The van der Waals surface area contributed by atoms with Crippen molar-refractivity contribution >= 4 is 15.9 Å². The van der Waals surface area contributed by atoms with Gasteiger partial charge in [-0.25, -0.2) is 8.42 Å². The van der Waals surface area contributed by atoms with Crippen molar-refractivity contribution in [2.45, 2.75) is 55.5 Å².